The van der Waals surface area contributed by atoms with Crippen molar-refractivity contribution in [2.45, 2.75) is 87.6 Å². The van der Waals surface area contributed by atoms with Crippen molar-refractivity contribution in [3.8, 4) is 11.1 Å². The molecule has 0 radical (unpaired) electrons. The number of carbonyl (C=O) groups excluding carboxylic acids is 2. The van der Waals surface area contributed by atoms with Gasteiger partial charge in [-0.25, -0.2) is 0 Å². The van der Waals surface area contributed by atoms with Gasteiger partial charge in [0.2, 0.25) is 0 Å². The van der Waals surface area contributed by atoms with Crippen LogP contribution in [0.5, 0.6) is 0 Å². The highest BCUT2D eigenvalue weighted by Gasteiger charge is 2.42. The van der Waals surface area contributed by atoms with E-state index in [4.69, 9.17) is 49.0 Å². The molecule has 2 heterocycles. The Hall–Kier alpha value is -2.69. The molecular formula is C37H43Cl3N2O6. The first kappa shape index (κ1) is 36.6. The lowest BCUT2D eigenvalue weighted by Crippen LogP contribution is -2.48. The van der Waals surface area contributed by atoms with Crippen LogP contribution >= 0.6 is 34.8 Å². The van der Waals surface area contributed by atoms with Crippen LogP contribution in [-0.4, -0.2) is 56.5 Å². The second-order valence-corrected chi connectivity index (χ2v) is 15.7. The van der Waals surface area contributed by atoms with Gasteiger partial charge in [0.25, 0.3) is 9.70 Å². The number of hydrogen-bond donors (Lipinski definition) is 2. The SMILES string of the molecule is CC1C(CN2CCCC2C(=O)OC(C)(C)C)OC(c2ccc(-c3ccccc3CNC(=O)C(Cl)(Cl)Cl)cc2)OC1c1ccc(CO)cc1. The number of halogens is 3. The van der Waals surface area contributed by atoms with E-state index in [0.29, 0.717) is 6.54 Å². The lowest BCUT2D eigenvalue weighted by molar-refractivity contribution is -0.276. The van der Waals surface area contributed by atoms with Gasteiger partial charge in [0.15, 0.2) is 6.29 Å². The van der Waals surface area contributed by atoms with Gasteiger partial charge in [0, 0.05) is 24.6 Å². The number of nitrogens with zero attached hydrogens (tertiary/aromatic N) is 1. The van der Waals surface area contributed by atoms with Crippen LogP contribution in [0.1, 0.15) is 75.2 Å². The van der Waals surface area contributed by atoms with Crippen molar-refractivity contribution >= 4 is 46.7 Å². The fourth-order valence-corrected chi connectivity index (χ4v) is 6.49. The zero-order chi connectivity index (χ0) is 34.6. The number of aliphatic hydroxyl groups excluding tert-OH is 1. The number of hydrogen-bond acceptors (Lipinski definition) is 7. The van der Waals surface area contributed by atoms with E-state index in [2.05, 4.69) is 17.1 Å². The summed E-state index contributed by atoms with van der Waals surface area (Å²) >= 11 is 17.2. The van der Waals surface area contributed by atoms with E-state index >= 15 is 0 Å². The van der Waals surface area contributed by atoms with Crippen molar-refractivity contribution in [1.29, 1.82) is 0 Å². The number of esters is 1. The van der Waals surface area contributed by atoms with Crippen LogP contribution < -0.4 is 5.32 Å². The molecule has 2 aliphatic rings. The van der Waals surface area contributed by atoms with E-state index in [1.807, 2.05) is 93.6 Å². The summed E-state index contributed by atoms with van der Waals surface area (Å²) in [5.74, 6) is -0.926. The van der Waals surface area contributed by atoms with Gasteiger partial charge in [-0.3, -0.25) is 14.5 Å². The second kappa shape index (κ2) is 15.5. The predicted octanol–water partition coefficient (Wildman–Crippen LogP) is 7.43. The zero-order valence-electron chi connectivity index (χ0n) is 27.6. The van der Waals surface area contributed by atoms with Crippen molar-refractivity contribution in [1.82, 2.24) is 10.2 Å². The van der Waals surface area contributed by atoms with Crippen LogP contribution in [-0.2, 0) is 37.0 Å². The van der Waals surface area contributed by atoms with Crippen LogP contribution in [0.3, 0.4) is 0 Å². The average molecular weight is 718 g/mol. The third-order valence-corrected chi connectivity index (χ3v) is 9.30. The summed E-state index contributed by atoms with van der Waals surface area (Å²) in [6.07, 6.45) is 0.471. The topological polar surface area (TPSA) is 97.3 Å². The summed E-state index contributed by atoms with van der Waals surface area (Å²) < 4.78 is 17.1. The predicted molar refractivity (Wildman–Crippen MR) is 187 cm³/mol. The standard InChI is InChI=1S/C37H43Cl3N2O6/c1-23-31(21-42-19-7-10-30(42)33(44)48-36(2,3)4)46-34(47-32(23)26-13-11-24(22-43)12-14-26)27-17-15-25(16-18-27)29-9-6-5-8-28(29)20-41-35(45)37(38,39)40/h5-6,8-9,11-18,23,30-32,34,43H,7,10,19-22H2,1-4H3,(H,41,45). The Kier molecular flexibility index (Phi) is 11.8. The van der Waals surface area contributed by atoms with Gasteiger partial charge in [-0.15, -0.1) is 0 Å². The summed E-state index contributed by atoms with van der Waals surface area (Å²) in [6, 6.07) is 23.1. The van der Waals surface area contributed by atoms with Crippen molar-refractivity contribution in [3.05, 3.63) is 95.1 Å². The summed E-state index contributed by atoms with van der Waals surface area (Å²) in [5.41, 5.74) is 4.83. The first-order valence-electron chi connectivity index (χ1n) is 16.2. The molecule has 2 N–H and O–H groups in total. The molecule has 3 aromatic rings. The molecule has 2 aliphatic heterocycles. The molecule has 5 atom stereocenters. The summed E-state index contributed by atoms with van der Waals surface area (Å²) in [5, 5.41) is 12.3. The molecule has 8 nitrogen and oxygen atoms in total. The molecule has 2 fully saturated rings. The largest absolute Gasteiger partial charge is 0.459 e. The number of benzene rings is 3. The molecule has 0 aromatic heterocycles. The number of alkyl halides is 3. The molecule has 0 spiro atoms. The molecule has 1 amide bonds. The van der Waals surface area contributed by atoms with E-state index in [9.17, 15) is 14.7 Å². The smallest absolute Gasteiger partial charge is 0.323 e. The molecule has 2 saturated heterocycles. The Morgan fingerprint density at radius 2 is 1.62 bits per heavy atom. The summed E-state index contributed by atoms with van der Waals surface area (Å²) in [6.45, 7) is 9.28. The zero-order valence-corrected chi connectivity index (χ0v) is 29.9. The van der Waals surface area contributed by atoms with Gasteiger partial charge < -0.3 is 24.6 Å². The summed E-state index contributed by atoms with van der Waals surface area (Å²) in [4.78, 5) is 27.5. The Morgan fingerprint density at radius 3 is 2.27 bits per heavy atom. The maximum Gasteiger partial charge on any atom is 0.323 e. The minimum absolute atomic E-state index is 0.0322. The number of carbonyl (C=O) groups is 2. The lowest BCUT2D eigenvalue weighted by atomic mass is 9.89. The molecule has 11 heteroatoms. The average Bonchev–Trinajstić information content (AvgIpc) is 3.52. The van der Waals surface area contributed by atoms with E-state index in [1.165, 1.54) is 0 Å². The molecule has 5 rings (SSSR count). The first-order chi connectivity index (χ1) is 22.7. The fraction of sp³-hybridized carbons (Fsp3) is 0.459. The van der Waals surface area contributed by atoms with Gasteiger partial charge >= 0.3 is 5.97 Å². The fourth-order valence-electron chi connectivity index (χ4n) is 6.29. The number of likely N-dealkylation sites (tertiary alicyclic amines) is 1. The Balaban J connectivity index is 1.38. The maximum absolute atomic E-state index is 13.1. The van der Waals surface area contributed by atoms with E-state index in [0.717, 1.165) is 52.8 Å². The third kappa shape index (κ3) is 9.10. The Morgan fingerprint density at radius 1 is 0.958 bits per heavy atom. The molecule has 48 heavy (non-hydrogen) atoms. The van der Waals surface area contributed by atoms with E-state index in [1.54, 1.807) is 0 Å². The molecule has 0 bridgehead atoms. The van der Waals surface area contributed by atoms with Gasteiger partial charge in [-0.2, -0.15) is 0 Å². The van der Waals surface area contributed by atoms with Crippen LogP contribution in [0.2, 0.25) is 0 Å². The monoisotopic (exact) mass is 716 g/mol. The van der Waals surface area contributed by atoms with Crippen LogP contribution in [0.15, 0.2) is 72.8 Å². The first-order valence-corrected chi connectivity index (χ1v) is 17.4. The van der Waals surface area contributed by atoms with Crippen molar-refractivity contribution in [2.75, 3.05) is 13.1 Å². The molecule has 0 aliphatic carbocycles. The van der Waals surface area contributed by atoms with Crippen LogP contribution in [0, 0.1) is 5.92 Å². The third-order valence-electron chi connectivity index (χ3n) is 8.79. The van der Waals surface area contributed by atoms with Crippen LogP contribution in [0.25, 0.3) is 11.1 Å². The maximum atomic E-state index is 13.1. The van der Waals surface area contributed by atoms with Gasteiger partial charge in [0.1, 0.15) is 11.6 Å². The van der Waals surface area contributed by atoms with E-state index < -0.39 is 21.6 Å². The Labute approximate surface area is 297 Å². The normalized spacial score (nSPS) is 23.5. The number of aliphatic hydroxyl groups is 1. The molecule has 5 unspecified atom stereocenters. The van der Waals surface area contributed by atoms with Crippen molar-refractivity contribution in [2.24, 2.45) is 5.92 Å². The minimum atomic E-state index is -2.05. The molecule has 3 aromatic carbocycles. The molecular weight excluding hydrogens is 675 g/mol. The van der Waals surface area contributed by atoms with Gasteiger partial charge in [-0.1, -0.05) is 115 Å². The van der Waals surface area contributed by atoms with E-state index in [-0.39, 0.29) is 43.3 Å². The number of nitrogens with one attached hydrogen (secondary N) is 1. The highest BCUT2D eigenvalue weighted by Crippen LogP contribution is 2.43. The second-order valence-electron chi connectivity index (χ2n) is 13.5. The number of ether oxygens (including phenoxy) is 3. The quantitative estimate of drug-likeness (QED) is 0.176. The van der Waals surface area contributed by atoms with Crippen molar-refractivity contribution in [3.63, 3.8) is 0 Å². The summed E-state index contributed by atoms with van der Waals surface area (Å²) in [7, 11) is 0. The number of amides is 1. The van der Waals surface area contributed by atoms with Gasteiger partial charge in [-0.05, 0) is 68.0 Å². The highest BCUT2D eigenvalue weighted by molar-refractivity contribution is 6.76. The number of rotatable bonds is 9. The highest BCUT2D eigenvalue weighted by atomic mass is 35.6. The van der Waals surface area contributed by atoms with Gasteiger partial charge in [0.05, 0.1) is 18.8 Å². The van der Waals surface area contributed by atoms with Crippen LogP contribution in [0.4, 0.5) is 0 Å². The lowest BCUT2D eigenvalue weighted by Gasteiger charge is -2.43. The molecule has 258 valence electrons. The Bertz CT molecular complexity index is 1560. The minimum Gasteiger partial charge on any atom is -0.459 e. The van der Waals surface area contributed by atoms with Crippen molar-refractivity contribution < 1.29 is 28.9 Å². The molecule has 0 saturated carbocycles.